The first-order valence-corrected chi connectivity index (χ1v) is 6.37. The van der Waals surface area contributed by atoms with Gasteiger partial charge in [0.15, 0.2) is 11.1 Å². The molecule has 2 rings (SSSR count). The maximum absolute atomic E-state index is 11.7. The second-order valence-electron chi connectivity index (χ2n) is 4.01. The number of hydrogen-bond acceptors (Lipinski definition) is 3. The minimum Gasteiger partial charge on any atom is -0.370 e. The highest BCUT2D eigenvalue weighted by Gasteiger charge is 2.28. The van der Waals surface area contributed by atoms with E-state index in [-0.39, 0.29) is 17.1 Å². The maximum atomic E-state index is 11.7. The minimum atomic E-state index is -0.232. The Hall–Kier alpha value is -1.82. The van der Waals surface area contributed by atoms with Gasteiger partial charge < -0.3 is 11.5 Å². The van der Waals surface area contributed by atoms with Crippen molar-refractivity contribution in [1.82, 2.24) is 0 Å². The van der Waals surface area contributed by atoms with E-state index in [4.69, 9.17) is 11.5 Å². The molecule has 1 amide bonds. The van der Waals surface area contributed by atoms with E-state index in [2.05, 4.69) is 9.98 Å². The summed E-state index contributed by atoms with van der Waals surface area (Å²) < 4.78 is 0. The minimum absolute atomic E-state index is 0.0782. The molecular formula is C12H14N4OS. The molecule has 0 bridgehead atoms. The van der Waals surface area contributed by atoms with Gasteiger partial charge in [-0.15, -0.1) is 0 Å². The van der Waals surface area contributed by atoms with Crippen LogP contribution in [0, 0.1) is 6.92 Å². The first-order chi connectivity index (χ1) is 8.56. The summed E-state index contributed by atoms with van der Waals surface area (Å²) >= 11 is 1.30. The lowest BCUT2D eigenvalue weighted by Gasteiger charge is -2.08. The lowest BCUT2D eigenvalue weighted by atomic mass is 10.0. The number of aryl methyl sites for hydroxylation is 1. The van der Waals surface area contributed by atoms with Crippen LogP contribution in [0.5, 0.6) is 0 Å². The molecule has 1 aromatic rings. The van der Waals surface area contributed by atoms with Crippen molar-refractivity contribution in [1.29, 1.82) is 0 Å². The van der Waals surface area contributed by atoms with Gasteiger partial charge in [0, 0.05) is 0 Å². The number of amidine groups is 1. The SMILES string of the molecule is Cc1ccccc1C[C@@H]1SC(N=C(N)N)=NC1=O. The Labute approximate surface area is 109 Å². The Bertz CT molecular complexity index is 535. The first-order valence-electron chi connectivity index (χ1n) is 5.49. The van der Waals surface area contributed by atoms with Crippen LogP contribution in [0.3, 0.4) is 0 Å². The van der Waals surface area contributed by atoms with E-state index in [9.17, 15) is 4.79 Å². The van der Waals surface area contributed by atoms with Crippen LogP contribution in [-0.4, -0.2) is 22.3 Å². The van der Waals surface area contributed by atoms with E-state index in [1.54, 1.807) is 0 Å². The normalized spacial score (nSPS) is 18.6. The average Bonchev–Trinajstić information content (AvgIpc) is 2.61. The number of nitrogens with two attached hydrogens (primary N) is 2. The third-order valence-electron chi connectivity index (χ3n) is 2.62. The predicted octanol–water partition coefficient (Wildman–Crippen LogP) is 0.809. The van der Waals surface area contributed by atoms with Crippen molar-refractivity contribution in [3.05, 3.63) is 35.4 Å². The van der Waals surface area contributed by atoms with Crippen LogP contribution in [0.15, 0.2) is 34.3 Å². The maximum Gasteiger partial charge on any atom is 0.262 e. The summed E-state index contributed by atoms with van der Waals surface area (Å²) in [4.78, 5) is 19.4. The van der Waals surface area contributed by atoms with Gasteiger partial charge in [0.05, 0.1) is 5.25 Å². The summed E-state index contributed by atoms with van der Waals surface area (Å²) in [5, 5.41) is 0.114. The Morgan fingerprint density at radius 3 is 2.83 bits per heavy atom. The number of thioether (sulfide) groups is 1. The van der Waals surface area contributed by atoms with E-state index in [0.29, 0.717) is 11.6 Å². The second kappa shape index (κ2) is 5.22. The highest BCUT2D eigenvalue weighted by Crippen LogP contribution is 2.27. The molecule has 94 valence electrons. The van der Waals surface area contributed by atoms with E-state index < -0.39 is 0 Å². The van der Waals surface area contributed by atoms with Gasteiger partial charge in [-0.2, -0.15) is 9.98 Å². The molecule has 0 saturated carbocycles. The summed E-state index contributed by atoms with van der Waals surface area (Å²) in [6.07, 6.45) is 0.642. The van der Waals surface area contributed by atoms with Crippen LogP contribution in [0.4, 0.5) is 0 Å². The van der Waals surface area contributed by atoms with Gasteiger partial charge in [0.2, 0.25) is 0 Å². The Morgan fingerprint density at radius 1 is 1.44 bits per heavy atom. The number of carbonyl (C=O) groups excluding carboxylic acids is 1. The highest BCUT2D eigenvalue weighted by atomic mass is 32.2. The molecule has 18 heavy (non-hydrogen) atoms. The van der Waals surface area contributed by atoms with Gasteiger partial charge in [-0.25, -0.2) is 0 Å². The van der Waals surface area contributed by atoms with Crippen molar-refractivity contribution in [2.24, 2.45) is 21.5 Å². The van der Waals surface area contributed by atoms with Crippen molar-refractivity contribution in [3.63, 3.8) is 0 Å². The fourth-order valence-electron chi connectivity index (χ4n) is 1.70. The number of hydrogen-bond donors (Lipinski definition) is 2. The van der Waals surface area contributed by atoms with E-state index in [1.807, 2.05) is 31.2 Å². The molecule has 6 heteroatoms. The van der Waals surface area contributed by atoms with Crippen LogP contribution < -0.4 is 11.5 Å². The van der Waals surface area contributed by atoms with Crippen molar-refractivity contribution < 1.29 is 4.79 Å². The molecule has 5 nitrogen and oxygen atoms in total. The molecular weight excluding hydrogens is 248 g/mol. The van der Waals surface area contributed by atoms with Crippen molar-refractivity contribution in [3.8, 4) is 0 Å². The summed E-state index contributed by atoms with van der Waals surface area (Å²) in [6.45, 7) is 2.03. The first kappa shape index (κ1) is 12.6. The molecule has 1 aromatic carbocycles. The standard InChI is InChI=1S/C12H14N4OS/c1-7-4-2-3-5-8(7)6-9-10(17)15-12(18-9)16-11(13)14/h2-5,9H,6H2,1H3,(H4,13,14,15,16,17)/t9-/m0/s1. The zero-order chi connectivity index (χ0) is 13.1. The highest BCUT2D eigenvalue weighted by molar-refractivity contribution is 8.15. The lowest BCUT2D eigenvalue weighted by Crippen LogP contribution is -2.23. The summed E-state index contributed by atoms with van der Waals surface area (Å²) in [5.41, 5.74) is 12.8. The van der Waals surface area contributed by atoms with Gasteiger partial charge in [0.1, 0.15) is 0 Å². The van der Waals surface area contributed by atoms with Gasteiger partial charge in [-0.05, 0) is 24.5 Å². The molecule has 1 aliphatic rings. The zero-order valence-corrected chi connectivity index (χ0v) is 10.8. The molecule has 0 unspecified atom stereocenters. The third-order valence-corrected chi connectivity index (χ3v) is 3.67. The third kappa shape index (κ3) is 2.89. The Morgan fingerprint density at radius 2 is 2.17 bits per heavy atom. The number of rotatable bonds is 2. The fourth-order valence-corrected chi connectivity index (χ4v) is 2.67. The molecule has 0 fully saturated rings. The molecule has 0 radical (unpaired) electrons. The van der Waals surface area contributed by atoms with E-state index in [0.717, 1.165) is 5.56 Å². The number of guanidine groups is 1. The fraction of sp³-hybridized carbons (Fsp3) is 0.250. The van der Waals surface area contributed by atoms with Gasteiger partial charge in [-0.3, -0.25) is 4.79 Å². The quantitative estimate of drug-likeness (QED) is 0.609. The number of nitrogens with zero attached hydrogens (tertiary/aromatic N) is 2. The number of amides is 1. The second-order valence-corrected chi connectivity index (χ2v) is 5.18. The number of carbonyl (C=O) groups is 1. The largest absolute Gasteiger partial charge is 0.370 e. The smallest absolute Gasteiger partial charge is 0.262 e. The summed E-state index contributed by atoms with van der Waals surface area (Å²) in [7, 11) is 0. The van der Waals surface area contributed by atoms with E-state index in [1.165, 1.54) is 17.3 Å². The molecule has 0 spiro atoms. The van der Waals surface area contributed by atoms with E-state index >= 15 is 0 Å². The van der Waals surface area contributed by atoms with Crippen LogP contribution in [0.2, 0.25) is 0 Å². The topological polar surface area (TPSA) is 93.8 Å². The molecule has 0 aromatic heterocycles. The van der Waals surface area contributed by atoms with Crippen LogP contribution in [-0.2, 0) is 11.2 Å². The van der Waals surface area contributed by atoms with Gasteiger partial charge >= 0.3 is 0 Å². The van der Waals surface area contributed by atoms with Crippen molar-refractivity contribution in [2.75, 3.05) is 0 Å². The summed E-state index contributed by atoms with van der Waals surface area (Å²) in [6, 6.07) is 7.98. The van der Waals surface area contributed by atoms with Crippen molar-refractivity contribution in [2.45, 2.75) is 18.6 Å². The van der Waals surface area contributed by atoms with Gasteiger partial charge in [-0.1, -0.05) is 36.0 Å². The Kier molecular flexibility index (Phi) is 3.66. The van der Waals surface area contributed by atoms with Crippen molar-refractivity contribution >= 4 is 28.8 Å². The molecule has 0 aliphatic carbocycles. The molecule has 4 N–H and O–H groups in total. The number of aliphatic imine (C=N–C) groups is 2. The number of benzene rings is 1. The summed E-state index contributed by atoms with van der Waals surface area (Å²) in [5.74, 6) is -0.256. The molecule has 1 atom stereocenters. The molecule has 1 aliphatic heterocycles. The Balaban J connectivity index is 2.08. The average molecular weight is 262 g/mol. The lowest BCUT2D eigenvalue weighted by molar-refractivity contribution is -0.117. The zero-order valence-electron chi connectivity index (χ0n) is 9.96. The predicted molar refractivity (Wildman–Crippen MR) is 74.5 cm³/mol. The van der Waals surface area contributed by atoms with Crippen LogP contribution in [0.1, 0.15) is 11.1 Å². The van der Waals surface area contributed by atoms with Crippen LogP contribution >= 0.6 is 11.8 Å². The molecule has 1 heterocycles. The van der Waals surface area contributed by atoms with Crippen LogP contribution in [0.25, 0.3) is 0 Å². The van der Waals surface area contributed by atoms with Gasteiger partial charge in [0.25, 0.3) is 5.91 Å². The monoisotopic (exact) mass is 262 g/mol. The molecule has 0 saturated heterocycles.